The molecule has 166 valence electrons. The second-order valence-corrected chi connectivity index (χ2v) is 7.56. The molecule has 32 heavy (non-hydrogen) atoms. The number of morpholine rings is 1. The van der Waals surface area contributed by atoms with Crippen LogP contribution in [0.5, 0.6) is 6.01 Å². The molecule has 1 aliphatic rings. The van der Waals surface area contributed by atoms with Crippen LogP contribution in [0.2, 0.25) is 0 Å². The second kappa shape index (κ2) is 10.7. The van der Waals surface area contributed by atoms with Gasteiger partial charge in [0.25, 0.3) is 5.56 Å². The van der Waals surface area contributed by atoms with Gasteiger partial charge >= 0.3 is 6.01 Å². The standard InChI is InChI=1S/C24H27N5O3/c1-19-5-4-6-20(15-19)17-25-18-21-16-22(28-9-12-31-13-10-28)27-24(26-21)32-14-11-29-8-3-2-7-23(29)30/h2-8,15-17H,9-14,18H2,1H3. The highest BCUT2D eigenvalue weighted by Crippen LogP contribution is 2.18. The molecule has 0 bridgehead atoms. The summed E-state index contributed by atoms with van der Waals surface area (Å²) in [4.78, 5) is 27.7. The third kappa shape index (κ3) is 6.01. The first-order valence-electron chi connectivity index (χ1n) is 10.7. The lowest BCUT2D eigenvalue weighted by atomic mass is 10.1. The molecule has 1 aliphatic heterocycles. The Morgan fingerprint density at radius 3 is 2.81 bits per heavy atom. The van der Waals surface area contributed by atoms with Crippen molar-refractivity contribution >= 4 is 12.0 Å². The van der Waals surface area contributed by atoms with Gasteiger partial charge in [-0.2, -0.15) is 9.97 Å². The van der Waals surface area contributed by atoms with E-state index in [1.807, 2.05) is 30.5 Å². The molecular formula is C24H27N5O3. The van der Waals surface area contributed by atoms with Crippen molar-refractivity contribution in [1.29, 1.82) is 0 Å². The van der Waals surface area contributed by atoms with Crippen LogP contribution in [0.25, 0.3) is 0 Å². The van der Waals surface area contributed by atoms with Crippen LogP contribution >= 0.6 is 0 Å². The van der Waals surface area contributed by atoms with E-state index in [9.17, 15) is 4.79 Å². The Kier molecular flexibility index (Phi) is 7.24. The molecule has 1 saturated heterocycles. The lowest BCUT2D eigenvalue weighted by Gasteiger charge is -2.28. The fraction of sp³-hybridized carbons (Fsp3) is 0.333. The molecule has 0 N–H and O–H groups in total. The summed E-state index contributed by atoms with van der Waals surface area (Å²) in [5.41, 5.74) is 2.96. The predicted molar refractivity (Wildman–Crippen MR) is 124 cm³/mol. The zero-order chi connectivity index (χ0) is 22.2. The molecule has 2 aromatic heterocycles. The van der Waals surface area contributed by atoms with E-state index >= 15 is 0 Å². The van der Waals surface area contributed by atoms with Gasteiger partial charge in [-0.1, -0.05) is 35.9 Å². The van der Waals surface area contributed by atoms with E-state index in [4.69, 9.17) is 9.47 Å². The van der Waals surface area contributed by atoms with Gasteiger partial charge in [0.05, 0.1) is 32.0 Å². The highest BCUT2D eigenvalue weighted by molar-refractivity contribution is 5.79. The monoisotopic (exact) mass is 433 g/mol. The molecule has 3 aromatic rings. The van der Waals surface area contributed by atoms with Crippen LogP contribution in [0.3, 0.4) is 0 Å². The second-order valence-electron chi connectivity index (χ2n) is 7.56. The van der Waals surface area contributed by atoms with Crippen LogP contribution in [0, 0.1) is 6.92 Å². The van der Waals surface area contributed by atoms with Crippen LogP contribution in [0.1, 0.15) is 16.8 Å². The van der Waals surface area contributed by atoms with Gasteiger partial charge in [0.15, 0.2) is 0 Å². The number of benzene rings is 1. The lowest BCUT2D eigenvalue weighted by Crippen LogP contribution is -2.37. The molecule has 1 fully saturated rings. The summed E-state index contributed by atoms with van der Waals surface area (Å²) in [6.45, 7) is 6.06. The van der Waals surface area contributed by atoms with Crippen molar-refractivity contribution in [3.05, 3.63) is 81.9 Å². The number of aromatic nitrogens is 3. The van der Waals surface area contributed by atoms with Gasteiger partial charge in [-0.05, 0) is 18.6 Å². The first-order valence-corrected chi connectivity index (χ1v) is 10.7. The number of hydrogen-bond acceptors (Lipinski definition) is 7. The van der Waals surface area contributed by atoms with Gasteiger partial charge in [0.1, 0.15) is 12.4 Å². The van der Waals surface area contributed by atoms with Crippen LogP contribution < -0.4 is 15.2 Å². The fourth-order valence-electron chi connectivity index (χ4n) is 3.44. The first kappa shape index (κ1) is 21.7. The topological polar surface area (TPSA) is 81.8 Å². The smallest absolute Gasteiger partial charge is 0.318 e. The average Bonchev–Trinajstić information content (AvgIpc) is 2.81. The van der Waals surface area contributed by atoms with Gasteiger partial charge in [-0.3, -0.25) is 9.79 Å². The third-order valence-electron chi connectivity index (χ3n) is 5.08. The molecule has 3 heterocycles. The molecule has 8 nitrogen and oxygen atoms in total. The molecule has 0 atom stereocenters. The number of ether oxygens (including phenoxy) is 2. The Bertz CT molecular complexity index is 1120. The third-order valence-corrected chi connectivity index (χ3v) is 5.08. The van der Waals surface area contributed by atoms with Gasteiger partial charge in [0, 0.05) is 37.6 Å². The molecule has 0 saturated carbocycles. The van der Waals surface area contributed by atoms with Crippen molar-refractivity contribution in [3.8, 4) is 6.01 Å². The van der Waals surface area contributed by atoms with Crippen LogP contribution in [0.4, 0.5) is 5.82 Å². The minimum absolute atomic E-state index is 0.0646. The van der Waals surface area contributed by atoms with Crippen molar-refractivity contribution in [2.45, 2.75) is 20.0 Å². The SMILES string of the molecule is Cc1cccc(C=NCc2cc(N3CCOCC3)nc(OCCn3ccccc3=O)n2)c1. The van der Waals surface area contributed by atoms with Gasteiger partial charge < -0.3 is 18.9 Å². The summed E-state index contributed by atoms with van der Waals surface area (Å²) < 4.78 is 12.9. The maximum atomic E-state index is 11.9. The molecule has 0 radical (unpaired) electrons. The van der Waals surface area contributed by atoms with Crippen LogP contribution in [-0.4, -0.2) is 53.7 Å². The maximum Gasteiger partial charge on any atom is 0.318 e. The number of anilines is 1. The van der Waals surface area contributed by atoms with E-state index in [1.54, 1.807) is 16.8 Å². The van der Waals surface area contributed by atoms with Crippen molar-refractivity contribution in [2.24, 2.45) is 4.99 Å². The Morgan fingerprint density at radius 1 is 1.12 bits per heavy atom. The lowest BCUT2D eigenvalue weighted by molar-refractivity contribution is 0.122. The van der Waals surface area contributed by atoms with Crippen LogP contribution in [-0.2, 0) is 17.8 Å². The molecule has 0 aliphatic carbocycles. The van der Waals surface area contributed by atoms with E-state index in [0.717, 1.165) is 30.2 Å². The number of aryl methyl sites for hydroxylation is 1. The number of rotatable bonds is 8. The van der Waals surface area contributed by atoms with Crippen molar-refractivity contribution < 1.29 is 9.47 Å². The molecule has 4 rings (SSSR count). The van der Waals surface area contributed by atoms with E-state index < -0.39 is 0 Å². The quantitative estimate of drug-likeness (QED) is 0.508. The number of hydrogen-bond donors (Lipinski definition) is 0. The zero-order valence-electron chi connectivity index (χ0n) is 18.2. The maximum absolute atomic E-state index is 11.9. The Labute approximate surface area is 187 Å². The molecule has 1 aromatic carbocycles. The number of aliphatic imine (C=N–C) groups is 1. The Morgan fingerprint density at radius 2 is 2.00 bits per heavy atom. The molecule has 0 spiro atoms. The molecular weight excluding hydrogens is 406 g/mol. The van der Waals surface area contributed by atoms with Crippen molar-refractivity contribution in [1.82, 2.24) is 14.5 Å². The van der Waals surface area contributed by atoms with E-state index in [2.05, 4.69) is 38.9 Å². The normalized spacial score (nSPS) is 14.1. The summed E-state index contributed by atoms with van der Waals surface area (Å²) in [7, 11) is 0. The molecule has 8 heteroatoms. The number of pyridine rings is 1. The Balaban J connectivity index is 1.48. The highest BCUT2D eigenvalue weighted by Gasteiger charge is 2.15. The van der Waals surface area contributed by atoms with Gasteiger partial charge in [0.2, 0.25) is 0 Å². The highest BCUT2D eigenvalue weighted by atomic mass is 16.5. The summed E-state index contributed by atoms with van der Waals surface area (Å²) in [5, 5.41) is 0. The summed E-state index contributed by atoms with van der Waals surface area (Å²) in [6, 6.07) is 15.5. The zero-order valence-corrected chi connectivity index (χ0v) is 18.2. The van der Waals surface area contributed by atoms with Gasteiger partial charge in [-0.25, -0.2) is 0 Å². The largest absolute Gasteiger partial charge is 0.462 e. The summed E-state index contributed by atoms with van der Waals surface area (Å²) >= 11 is 0. The first-order chi connectivity index (χ1) is 15.7. The Hall–Kier alpha value is -3.52. The van der Waals surface area contributed by atoms with E-state index in [0.29, 0.717) is 38.9 Å². The fourth-order valence-corrected chi connectivity index (χ4v) is 3.44. The molecule has 0 amide bonds. The van der Waals surface area contributed by atoms with Gasteiger partial charge in [-0.15, -0.1) is 0 Å². The summed E-state index contributed by atoms with van der Waals surface area (Å²) in [5.74, 6) is 0.802. The minimum atomic E-state index is -0.0646. The van der Waals surface area contributed by atoms with E-state index in [1.165, 1.54) is 11.6 Å². The van der Waals surface area contributed by atoms with Crippen molar-refractivity contribution in [2.75, 3.05) is 37.8 Å². The average molecular weight is 434 g/mol. The summed E-state index contributed by atoms with van der Waals surface area (Å²) in [6.07, 6.45) is 3.59. The van der Waals surface area contributed by atoms with Crippen molar-refractivity contribution in [3.63, 3.8) is 0 Å². The predicted octanol–water partition coefficient (Wildman–Crippen LogP) is 2.48. The molecule has 0 unspecified atom stereocenters. The van der Waals surface area contributed by atoms with Crippen LogP contribution in [0.15, 0.2) is 64.5 Å². The van der Waals surface area contributed by atoms with E-state index in [-0.39, 0.29) is 5.56 Å². The minimum Gasteiger partial charge on any atom is -0.462 e. The number of nitrogens with zero attached hydrogens (tertiary/aromatic N) is 5.